The number of hydrogen-bond donors (Lipinski definition) is 1. The Morgan fingerprint density at radius 2 is 2.00 bits per heavy atom. The summed E-state index contributed by atoms with van der Waals surface area (Å²) in [6, 6.07) is 12.3. The van der Waals surface area contributed by atoms with Crippen LogP contribution < -0.4 is 0 Å². The molecule has 0 radical (unpaired) electrons. The number of aliphatic hydroxyl groups excluding tert-OH is 1. The molecule has 90 valence electrons. The fraction of sp³-hybridized carbons (Fsp3) is 0.231. The van der Waals surface area contributed by atoms with Crippen molar-refractivity contribution in [2.75, 3.05) is 6.61 Å². The van der Waals surface area contributed by atoms with Gasteiger partial charge >= 0.3 is 0 Å². The van der Waals surface area contributed by atoms with E-state index in [1.165, 1.54) is 10.4 Å². The van der Waals surface area contributed by atoms with Gasteiger partial charge in [0.1, 0.15) is 0 Å². The summed E-state index contributed by atoms with van der Waals surface area (Å²) < 4.78 is 2.19. The van der Waals surface area contributed by atoms with Crippen LogP contribution >= 0.6 is 43.2 Å². The van der Waals surface area contributed by atoms with Crippen molar-refractivity contribution in [1.82, 2.24) is 0 Å². The van der Waals surface area contributed by atoms with Crippen molar-refractivity contribution in [3.8, 4) is 0 Å². The van der Waals surface area contributed by atoms with E-state index in [1.807, 2.05) is 12.1 Å². The minimum atomic E-state index is 0.165. The summed E-state index contributed by atoms with van der Waals surface area (Å²) in [7, 11) is 0. The quantitative estimate of drug-likeness (QED) is 0.828. The molecule has 0 bridgehead atoms. The summed E-state index contributed by atoms with van der Waals surface area (Å²) >= 11 is 8.65. The van der Waals surface area contributed by atoms with Crippen LogP contribution in [0.2, 0.25) is 0 Å². The molecule has 2 rings (SSSR count). The Balaban J connectivity index is 2.16. The van der Waals surface area contributed by atoms with E-state index in [4.69, 9.17) is 0 Å². The topological polar surface area (TPSA) is 20.2 Å². The lowest BCUT2D eigenvalue weighted by Gasteiger charge is -2.13. The first-order chi connectivity index (χ1) is 8.19. The predicted molar refractivity (Wildman–Crippen MR) is 79.7 cm³/mol. The molecule has 0 spiro atoms. The molecule has 1 aromatic carbocycles. The molecule has 1 heterocycles. The highest BCUT2D eigenvalue weighted by molar-refractivity contribution is 9.11. The summed E-state index contributed by atoms with van der Waals surface area (Å²) in [6.45, 7) is 0.173. The lowest BCUT2D eigenvalue weighted by molar-refractivity contribution is 0.265. The number of benzene rings is 1. The molecule has 1 aromatic heterocycles. The van der Waals surface area contributed by atoms with E-state index in [0.29, 0.717) is 0 Å². The molecule has 0 aliphatic carbocycles. The molecule has 0 aliphatic rings. The van der Waals surface area contributed by atoms with Crippen molar-refractivity contribution >= 4 is 43.2 Å². The second-order valence-corrected chi connectivity index (χ2v) is 7.31. The van der Waals surface area contributed by atoms with Crippen LogP contribution in [0.5, 0.6) is 0 Å². The highest BCUT2D eigenvalue weighted by Crippen LogP contribution is 2.28. The molecule has 17 heavy (non-hydrogen) atoms. The maximum Gasteiger partial charge on any atom is 0.0701 e. The van der Waals surface area contributed by atoms with E-state index in [2.05, 4.69) is 56.1 Å². The number of thiophene rings is 1. The molecule has 0 aliphatic heterocycles. The molecule has 1 nitrogen and oxygen atoms in total. The Labute approximate surface area is 122 Å². The second kappa shape index (κ2) is 6.14. The fourth-order valence-corrected chi connectivity index (χ4v) is 3.73. The van der Waals surface area contributed by atoms with Gasteiger partial charge in [-0.25, -0.2) is 0 Å². The normalized spacial score (nSPS) is 12.6. The van der Waals surface area contributed by atoms with Gasteiger partial charge < -0.3 is 5.11 Å². The van der Waals surface area contributed by atoms with Crippen LogP contribution in [0.25, 0.3) is 0 Å². The van der Waals surface area contributed by atoms with Crippen LogP contribution in [0.1, 0.15) is 16.4 Å². The molecule has 1 unspecified atom stereocenters. The molecule has 1 N–H and O–H groups in total. The maximum atomic E-state index is 9.52. The van der Waals surface area contributed by atoms with Gasteiger partial charge in [0, 0.05) is 15.3 Å². The minimum Gasteiger partial charge on any atom is -0.396 e. The van der Waals surface area contributed by atoms with Crippen LogP contribution in [0.4, 0.5) is 0 Å². The van der Waals surface area contributed by atoms with Gasteiger partial charge in [0.25, 0.3) is 0 Å². The van der Waals surface area contributed by atoms with Gasteiger partial charge in [0.2, 0.25) is 0 Å². The van der Waals surface area contributed by atoms with Gasteiger partial charge in [-0.15, -0.1) is 11.3 Å². The van der Waals surface area contributed by atoms with Crippen molar-refractivity contribution in [3.63, 3.8) is 0 Å². The summed E-state index contributed by atoms with van der Waals surface area (Å²) in [5.74, 6) is 0.165. The summed E-state index contributed by atoms with van der Waals surface area (Å²) in [5, 5.41) is 9.52. The molecule has 0 amide bonds. The Morgan fingerprint density at radius 1 is 1.18 bits per heavy atom. The van der Waals surface area contributed by atoms with Crippen molar-refractivity contribution in [3.05, 3.63) is 55.1 Å². The maximum absolute atomic E-state index is 9.52. The van der Waals surface area contributed by atoms with E-state index >= 15 is 0 Å². The van der Waals surface area contributed by atoms with E-state index < -0.39 is 0 Å². The lowest BCUT2D eigenvalue weighted by atomic mass is 9.96. The first-order valence-electron chi connectivity index (χ1n) is 5.29. The van der Waals surface area contributed by atoms with Crippen molar-refractivity contribution < 1.29 is 5.11 Å². The summed E-state index contributed by atoms with van der Waals surface area (Å²) in [6.07, 6.45) is 0.878. The standard InChI is InChI=1S/C13H12Br2OS/c14-11-3-1-2-9(6-11)10(8-16)7-12-4-5-13(15)17-12/h1-6,10,16H,7-8H2. The van der Waals surface area contributed by atoms with Crippen LogP contribution in [0, 0.1) is 0 Å². The zero-order chi connectivity index (χ0) is 12.3. The van der Waals surface area contributed by atoms with Crippen LogP contribution in [0.15, 0.2) is 44.7 Å². The van der Waals surface area contributed by atoms with Crippen molar-refractivity contribution in [2.24, 2.45) is 0 Å². The Kier molecular flexibility index (Phi) is 4.79. The lowest BCUT2D eigenvalue weighted by Crippen LogP contribution is -2.06. The number of aliphatic hydroxyl groups is 1. The van der Waals surface area contributed by atoms with Crippen molar-refractivity contribution in [1.29, 1.82) is 0 Å². The van der Waals surface area contributed by atoms with Crippen LogP contribution in [0.3, 0.4) is 0 Å². The predicted octanol–water partition coefficient (Wildman–Crippen LogP) is 4.59. The van der Waals surface area contributed by atoms with E-state index in [9.17, 15) is 5.11 Å². The zero-order valence-corrected chi connectivity index (χ0v) is 13.1. The van der Waals surface area contributed by atoms with E-state index in [-0.39, 0.29) is 12.5 Å². The Hall–Kier alpha value is -0.160. The third-order valence-corrected chi connectivity index (χ3v) is 4.76. The first-order valence-corrected chi connectivity index (χ1v) is 7.70. The number of halogens is 2. The third kappa shape index (κ3) is 3.65. The SMILES string of the molecule is OCC(Cc1ccc(Br)s1)c1cccc(Br)c1. The number of hydrogen-bond acceptors (Lipinski definition) is 2. The molecule has 4 heteroatoms. The third-order valence-electron chi connectivity index (χ3n) is 2.62. The van der Waals surface area contributed by atoms with Gasteiger partial charge in [-0.2, -0.15) is 0 Å². The molecular formula is C13H12Br2OS. The summed E-state index contributed by atoms with van der Waals surface area (Å²) in [5.41, 5.74) is 1.17. The smallest absolute Gasteiger partial charge is 0.0701 e. The highest BCUT2D eigenvalue weighted by Gasteiger charge is 2.12. The van der Waals surface area contributed by atoms with Gasteiger partial charge in [-0.05, 0) is 52.2 Å². The molecule has 0 saturated heterocycles. The van der Waals surface area contributed by atoms with Crippen molar-refractivity contribution in [2.45, 2.75) is 12.3 Å². The second-order valence-electron chi connectivity index (χ2n) is 3.84. The molecule has 1 atom stereocenters. The van der Waals surface area contributed by atoms with Gasteiger partial charge in [0.15, 0.2) is 0 Å². The Bertz CT molecular complexity index is 496. The largest absolute Gasteiger partial charge is 0.396 e. The van der Waals surface area contributed by atoms with Gasteiger partial charge in [-0.1, -0.05) is 28.1 Å². The average Bonchev–Trinajstić information content (AvgIpc) is 2.72. The fourth-order valence-electron chi connectivity index (χ4n) is 1.75. The molecule has 0 saturated carbocycles. The monoisotopic (exact) mass is 374 g/mol. The van der Waals surface area contributed by atoms with E-state index in [0.717, 1.165) is 14.7 Å². The van der Waals surface area contributed by atoms with Crippen LogP contribution in [-0.2, 0) is 6.42 Å². The van der Waals surface area contributed by atoms with E-state index in [1.54, 1.807) is 11.3 Å². The minimum absolute atomic E-state index is 0.165. The average molecular weight is 376 g/mol. The Morgan fingerprint density at radius 3 is 2.59 bits per heavy atom. The number of rotatable bonds is 4. The van der Waals surface area contributed by atoms with Gasteiger partial charge in [-0.3, -0.25) is 0 Å². The molecular weight excluding hydrogens is 364 g/mol. The van der Waals surface area contributed by atoms with Crippen LogP contribution in [-0.4, -0.2) is 11.7 Å². The van der Waals surface area contributed by atoms with Gasteiger partial charge in [0.05, 0.1) is 10.4 Å². The summed E-state index contributed by atoms with van der Waals surface area (Å²) in [4.78, 5) is 1.29. The first kappa shape index (κ1) is 13.3. The highest BCUT2D eigenvalue weighted by atomic mass is 79.9. The molecule has 2 aromatic rings. The zero-order valence-electron chi connectivity index (χ0n) is 9.07. The molecule has 0 fully saturated rings.